The Labute approximate surface area is 103 Å². The molecule has 98 valence electrons. The van der Waals surface area contributed by atoms with Crippen molar-refractivity contribution in [3.05, 3.63) is 23.5 Å². The molecule has 1 aliphatic rings. The molecule has 0 amide bonds. The highest BCUT2D eigenvalue weighted by Gasteiger charge is 2.36. The minimum absolute atomic E-state index is 0.0187. The molecule has 4 nitrogen and oxygen atoms in total. The van der Waals surface area contributed by atoms with Gasteiger partial charge in [0.15, 0.2) is 0 Å². The standard InChI is InChI=1S/C12H14F2N2O2/c13-12(14)3-1-7(2-4-12)10-9(11(17)18)5-8(15)6-16-10/h5-7H,1-4,15H2,(H,17,18). The van der Waals surface area contributed by atoms with Gasteiger partial charge in [0, 0.05) is 18.8 Å². The molecule has 18 heavy (non-hydrogen) atoms. The first kappa shape index (κ1) is 12.7. The topological polar surface area (TPSA) is 76.2 Å². The number of carboxylic acid groups (broad SMARTS) is 1. The molecule has 0 atom stereocenters. The Balaban J connectivity index is 2.26. The monoisotopic (exact) mass is 256 g/mol. The maximum absolute atomic E-state index is 13.1. The lowest BCUT2D eigenvalue weighted by molar-refractivity contribution is -0.0385. The fourth-order valence-corrected chi connectivity index (χ4v) is 2.30. The van der Waals surface area contributed by atoms with Crippen molar-refractivity contribution in [1.29, 1.82) is 0 Å². The Bertz CT molecular complexity index is 467. The number of aromatic carboxylic acids is 1. The number of halogens is 2. The van der Waals surface area contributed by atoms with Crippen molar-refractivity contribution in [2.24, 2.45) is 0 Å². The lowest BCUT2D eigenvalue weighted by atomic mass is 9.83. The van der Waals surface area contributed by atoms with Gasteiger partial charge in [-0.2, -0.15) is 0 Å². The van der Waals surface area contributed by atoms with Gasteiger partial charge in [-0.05, 0) is 18.9 Å². The predicted octanol–water partition coefficient (Wildman–Crippen LogP) is 2.65. The molecule has 0 unspecified atom stereocenters. The summed E-state index contributed by atoms with van der Waals surface area (Å²) < 4.78 is 26.1. The molecule has 1 aromatic rings. The zero-order valence-corrected chi connectivity index (χ0v) is 9.70. The van der Waals surface area contributed by atoms with E-state index in [9.17, 15) is 13.6 Å². The average Bonchev–Trinajstić information content (AvgIpc) is 2.29. The summed E-state index contributed by atoms with van der Waals surface area (Å²) >= 11 is 0. The summed E-state index contributed by atoms with van der Waals surface area (Å²) in [5.74, 6) is -3.98. The van der Waals surface area contributed by atoms with Crippen molar-refractivity contribution in [3.8, 4) is 0 Å². The number of alkyl halides is 2. The number of nitrogen functional groups attached to an aromatic ring is 1. The van der Waals surface area contributed by atoms with E-state index in [2.05, 4.69) is 4.98 Å². The average molecular weight is 256 g/mol. The Hall–Kier alpha value is -1.72. The molecule has 1 fully saturated rings. The van der Waals surface area contributed by atoms with E-state index in [1.165, 1.54) is 12.3 Å². The fraction of sp³-hybridized carbons (Fsp3) is 0.500. The number of carboxylic acids is 1. The second-order valence-electron chi connectivity index (χ2n) is 4.64. The minimum Gasteiger partial charge on any atom is -0.478 e. The second kappa shape index (κ2) is 4.51. The number of nitrogens with two attached hydrogens (primary N) is 1. The summed E-state index contributed by atoms with van der Waals surface area (Å²) in [6.07, 6.45) is 1.44. The Morgan fingerprint density at radius 2 is 2.06 bits per heavy atom. The van der Waals surface area contributed by atoms with Crippen LogP contribution in [0.25, 0.3) is 0 Å². The van der Waals surface area contributed by atoms with Gasteiger partial charge in [0.05, 0.1) is 23.1 Å². The van der Waals surface area contributed by atoms with Gasteiger partial charge in [-0.25, -0.2) is 13.6 Å². The molecule has 6 heteroatoms. The van der Waals surface area contributed by atoms with Crippen molar-refractivity contribution in [1.82, 2.24) is 4.98 Å². The molecule has 1 heterocycles. The number of carbonyl (C=O) groups is 1. The number of nitrogens with zero attached hydrogens (tertiary/aromatic N) is 1. The third-order valence-electron chi connectivity index (χ3n) is 3.27. The van der Waals surface area contributed by atoms with Crippen LogP contribution in [-0.2, 0) is 0 Å². The minimum atomic E-state index is -2.63. The molecule has 1 aromatic heterocycles. The van der Waals surface area contributed by atoms with Crippen LogP contribution in [0.15, 0.2) is 12.3 Å². The number of anilines is 1. The van der Waals surface area contributed by atoms with Gasteiger partial charge in [0.2, 0.25) is 5.92 Å². The van der Waals surface area contributed by atoms with E-state index in [-0.39, 0.29) is 42.9 Å². The molecule has 0 spiro atoms. The number of aromatic nitrogens is 1. The first-order chi connectivity index (χ1) is 8.39. The SMILES string of the molecule is Nc1cnc(C2CCC(F)(F)CC2)c(C(=O)O)c1. The van der Waals surface area contributed by atoms with Gasteiger partial charge in [0.1, 0.15) is 0 Å². The van der Waals surface area contributed by atoms with E-state index in [4.69, 9.17) is 10.8 Å². The van der Waals surface area contributed by atoms with E-state index < -0.39 is 11.9 Å². The molecule has 0 aromatic carbocycles. The fourth-order valence-electron chi connectivity index (χ4n) is 2.30. The molecule has 1 aliphatic carbocycles. The Morgan fingerprint density at radius 1 is 1.44 bits per heavy atom. The zero-order valence-electron chi connectivity index (χ0n) is 9.70. The van der Waals surface area contributed by atoms with Gasteiger partial charge in [-0.15, -0.1) is 0 Å². The lowest BCUT2D eigenvalue weighted by Crippen LogP contribution is -2.25. The lowest BCUT2D eigenvalue weighted by Gasteiger charge is -2.28. The third kappa shape index (κ3) is 2.57. The van der Waals surface area contributed by atoms with E-state index in [0.29, 0.717) is 5.69 Å². The Kier molecular flexibility index (Phi) is 3.19. The largest absolute Gasteiger partial charge is 0.478 e. The van der Waals surface area contributed by atoms with Crippen LogP contribution < -0.4 is 5.73 Å². The molecule has 2 rings (SSSR count). The molecule has 0 saturated heterocycles. The summed E-state index contributed by atoms with van der Waals surface area (Å²) in [7, 11) is 0. The van der Waals surface area contributed by atoms with Crippen molar-refractivity contribution in [2.75, 3.05) is 5.73 Å². The third-order valence-corrected chi connectivity index (χ3v) is 3.27. The van der Waals surface area contributed by atoms with Crippen LogP contribution in [0, 0.1) is 0 Å². The first-order valence-electron chi connectivity index (χ1n) is 5.75. The van der Waals surface area contributed by atoms with Crippen molar-refractivity contribution >= 4 is 11.7 Å². The van der Waals surface area contributed by atoms with Crippen molar-refractivity contribution in [3.63, 3.8) is 0 Å². The van der Waals surface area contributed by atoms with Crippen LogP contribution in [0.2, 0.25) is 0 Å². The quantitative estimate of drug-likeness (QED) is 0.852. The maximum Gasteiger partial charge on any atom is 0.337 e. The molecule has 0 aliphatic heterocycles. The first-order valence-corrected chi connectivity index (χ1v) is 5.75. The maximum atomic E-state index is 13.1. The number of rotatable bonds is 2. The predicted molar refractivity (Wildman–Crippen MR) is 61.8 cm³/mol. The highest BCUT2D eigenvalue weighted by atomic mass is 19.3. The number of hydrogen-bond donors (Lipinski definition) is 2. The van der Waals surface area contributed by atoms with E-state index in [0.717, 1.165) is 0 Å². The summed E-state index contributed by atoms with van der Waals surface area (Å²) in [5, 5.41) is 9.08. The van der Waals surface area contributed by atoms with Crippen molar-refractivity contribution in [2.45, 2.75) is 37.5 Å². The van der Waals surface area contributed by atoms with Gasteiger partial charge >= 0.3 is 5.97 Å². The van der Waals surface area contributed by atoms with Gasteiger partial charge in [-0.1, -0.05) is 0 Å². The summed E-state index contributed by atoms with van der Waals surface area (Å²) in [5.41, 5.74) is 6.14. The van der Waals surface area contributed by atoms with Crippen LogP contribution in [-0.4, -0.2) is 22.0 Å². The van der Waals surface area contributed by atoms with Gasteiger partial charge in [0.25, 0.3) is 0 Å². The smallest absolute Gasteiger partial charge is 0.337 e. The zero-order chi connectivity index (χ0) is 13.3. The number of pyridine rings is 1. The molecule has 0 radical (unpaired) electrons. The van der Waals surface area contributed by atoms with Crippen LogP contribution in [0.1, 0.15) is 47.7 Å². The molecular formula is C12H14F2N2O2. The van der Waals surface area contributed by atoms with E-state index in [1.54, 1.807) is 0 Å². The van der Waals surface area contributed by atoms with Crippen molar-refractivity contribution < 1.29 is 18.7 Å². The van der Waals surface area contributed by atoms with E-state index >= 15 is 0 Å². The highest BCUT2D eigenvalue weighted by molar-refractivity contribution is 5.90. The summed E-state index contributed by atoms with van der Waals surface area (Å²) in [6.45, 7) is 0. The molecule has 3 N–H and O–H groups in total. The second-order valence-corrected chi connectivity index (χ2v) is 4.64. The number of hydrogen-bond acceptors (Lipinski definition) is 3. The van der Waals surface area contributed by atoms with Crippen LogP contribution >= 0.6 is 0 Å². The van der Waals surface area contributed by atoms with Crippen LogP contribution in [0.5, 0.6) is 0 Å². The van der Waals surface area contributed by atoms with E-state index in [1.807, 2.05) is 0 Å². The van der Waals surface area contributed by atoms with Crippen LogP contribution in [0.3, 0.4) is 0 Å². The molecular weight excluding hydrogens is 242 g/mol. The van der Waals surface area contributed by atoms with Gasteiger partial charge in [-0.3, -0.25) is 4.98 Å². The Morgan fingerprint density at radius 3 is 2.61 bits per heavy atom. The summed E-state index contributed by atoms with van der Waals surface area (Å²) in [6, 6.07) is 1.33. The highest BCUT2D eigenvalue weighted by Crippen LogP contribution is 2.41. The van der Waals surface area contributed by atoms with Crippen LogP contribution in [0.4, 0.5) is 14.5 Å². The molecule has 0 bridgehead atoms. The normalized spacial score (nSPS) is 19.7. The van der Waals surface area contributed by atoms with Gasteiger partial charge < -0.3 is 10.8 Å². The summed E-state index contributed by atoms with van der Waals surface area (Å²) in [4.78, 5) is 15.1. The molecule has 1 saturated carbocycles.